The minimum Gasteiger partial charge on any atom is -0.465 e. The SMILES string of the molecule is COC(=O)c1cc(CN2CCOC(C)(C)C2)oc1C. The highest BCUT2D eigenvalue weighted by atomic mass is 16.5. The smallest absolute Gasteiger partial charge is 0.341 e. The molecular formula is C14H21NO4. The van der Waals surface area contributed by atoms with Gasteiger partial charge >= 0.3 is 5.97 Å². The predicted octanol–water partition coefficient (Wildman–Crippen LogP) is 1.99. The molecule has 0 bridgehead atoms. The molecule has 2 heterocycles. The number of morpholine rings is 1. The Bertz CT molecular complexity index is 464. The third-order valence-electron chi connectivity index (χ3n) is 3.26. The quantitative estimate of drug-likeness (QED) is 0.784. The molecule has 5 nitrogen and oxygen atoms in total. The van der Waals surface area contributed by atoms with Crippen molar-refractivity contribution >= 4 is 5.97 Å². The lowest BCUT2D eigenvalue weighted by molar-refractivity contribution is -0.0894. The summed E-state index contributed by atoms with van der Waals surface area (Å²) in [6.45, 7) is 9.05. The number of furan rings is 1. The van der Waals surface area contributed by atoms with Crippen molar-refractivity contribution in [3.63, 3.8) is 0 Å². The summed E-state index contributed by atoms with van der Waals surface area (Å²) in [6, 6.07) is 1.77. The fraction of sp³-hybridized carbons (Fsp3) is 0.643. The third-order valence-corrected chi connectivity index (χ3v) is 3.26. The van der Waals surface area contributed by atoms with Crippen LogP contribution >= 0.6 is 0 Å². The minimum atomic E-state index is -0.352. The van der Waals surface area contributed by atoms with E-state index in [1.54, 1.807) is 13.0 Å². The van der Waals surface area contributed by atoms with E-state index in [9.17, 15) is 4.79 Å². The van der Waals surface area contributed by atoms with Gasteiger partial charge in [-0.15, -0.1) is 0 Å². The van der Waals surface area contributed by atoms with Crippen LogP contribution in [0.5, 0.6) is 0 Å². The molecule has 1 saturated heterocycles. The van der Waals surface area contributed by atoms with Gasteiger partial charge in [0.1, 0.15) is 17.1 Å². The van der Waals surface area contributed by atoms with Gasteiger partial charge in [-0.2, -0.15) is 0 Å². The maximum absolute atomic E-state index is 11.5. The lowest BCUT2D eigenvalue weighted by Crippen LogP contribution is -2.47. The molecule has 0 radical (unpaired) electrons. The molecule has 0 unspecified atom stereocenters. The third kappa shape index (κ3) is 3.36. The molecule has 1 fully saturated rings. The molecular weight excluding hydrogens is 246 g/mol. The van der Waals surface area contributed by atoms with E-state index in [1.165, 1.54) is 7.11 Å². The van der Waals surface area contributed by atoms with Gasteiger partial charge in [0.2, 0.25) is 0 Å². The first-order chi connectivity index (χ1) is 8.91. The molecule has 0 amide bonds. The van der Waals surface area contributed by atoms with Crippen molar-refractivity contribution in [3.05, 3.63) is 23.2 Å². The van der Waals surface area contributed by atoms with Crippen LogP contribution in [0.25, 0.3) is 0 Å². The van der Waals surface area contributed by atoms with E-state index in [1.807, 2.05) is 0 Å². The average Bonchev–Trinajstić information content (AvgIpc) is 2.68. The summed E-state index contributed by atoms with van der Waals surface area (Å²) < 4.78 is 16.0. The van der Waals surface area contributed by atoms with Crippen LogP contribution in [0.1, 0.15) is 35.7 Å². The van der Waals surface area contributed by atoms with E-state index in [2.05, 4.69) is 18.7 Å². The fourth-order valence-corrected chi connectivity index (χ4v) is 2.40. The van der Waals surface area contributed by atoms with Gasteiger partial charge in [0, 0.05) is 13.1 Å². The summed E-state index contributed by atoms with van der Waals surface area (Å²) in [5, 5.41) is 0. The van der Waals surface area contributed by atoms with Crippen molar-refractivity contribution < 1.29 is 18.7 Å². The molecule has 1 aromatic heterocycles. The topological polar surface area (TPSA) is 51.9 Å². The summed E-state index contributed by atoms with van der Waals surface area (Å²) in [6.07, 6.45) is 0. The number of nitrogens with zero attached hydrogens (tertiary/aromatic N) is 1. The fourth-order valence-electron chi connectivity index (χ4n) is 2.40. The largest absolute Gasteiger partial charge is 0.465 e. The molecule has 0 atom stereocenters. The van der Waals surface area contributed by atoms with E-state index >= 15 is 0 Å². The average molecular weight is 267 g/mol. The van der Waals surface area contributed by atoms with Crippen molar-refractivity contribution in [3.8, 4) is 0 Å². The molecule has 0 aliphatic carbocycles. The lowest BCUT2D eigenvalue weighted by atomic mass is 10.1. The first-order valence-corrected chi connectivity index (χ1v) is 6.45. The molecule has 1 aromatic rings. The Balaban J connectivity index is 2.05. The molecule has 0 saturated carbocycles. The van der Waals surface area contributed by atoms with Crippen molar-refractivity contribution in [1.82, 2.24) is 4.90 Å². The molecule has 0 N–H and O–H groups in total. The number of carbonyl (C=O) groups is 1. The van der Waals surface area contributed by atoms with Gasteiger partial charge in [0.05, 0.1) is 25.9 Å². The lowest BCUT2D eigenvalue weighted by Gasteiger charge is -2.37. The summed E-state index contributed by atoms with van der Waals surface area (Å²) in [5.41, 5.74) is 0.371. The van der Waals surface area contributed by atoms with Gasteiger partial charge in [-0.3, -0.25) is 4.90 Å². The van der Waals surface area contributed by atoms with Gasteiger partial charge < -0.3 is 13.9 Å². The summed E-state index contributed by atoms with van der Waals surface area (Å²) >= 11 is 0. The van der Waals surface area contributed by atoms with Gasteiger partial charge in [-0.05, 0) is 26.8 Å². The molecule has 5 heteroatoms. The second-order valence-electron chi connectivity index (χ2n) is 5.49. The number of rotatable bonds is 3. The van der Waals surface area contributed by atoms with E-state index < -0.39 is 0 Å². The molecule has 2 rings (SSSR count). The highest BCUT2D eigenvalue weighted by Crippen LogP contribution is 2.21. The zero-order valence-corrected chi connectivity index (χ0v) is 12.0. The molecule has 1 aliphatic rings. The Morgan fingerprint density at radius 1 is 1.53 bits per heavy atom. The first-order valence-electron chi connectivity index (χ1n) is 6.45. The molecule has 19 heavy (non-hydrogen) atoms. The number of hydrogen-bond acceptors (Lipinski definition) is 5. The minimum absolute atomic E-state index is 0.134. The summed E-state index contributed by atoms with van der Waals surface area (Å²) in [5.74, 6) is 1.04. The number of esters is 1. The van der Waals surface area contributed by atoms with Crippen LogP contribution in [-0.2, 0) is 16.0 Å². The number of methoxy groups -OCH3 is 1. The zero-order valence-electron chi connectivity index (χ0n) is 12.0. The first kappa shape index (κ1) is 14.1. The zero-order chi connectivity index (χ0) is 14.0. The Morgan fingerprint density at radius 3 is 2.89 bits per heavy atom. The number of hydrogen-bond donors (Lipinski definition) is 0. The maximum atomic E-state index is 11.5. The van der Waals surface area contributed by atoms with Gasteiger partial charge in [0.25, 0.3) is 0 Å². The Labute approximate surface area is 113 Å². The van der Waals surface area contributed by atoms with Crippen molar-refractivity contribution in [2.75, 3.05) is 26.8 Å². The number of carbonyl (C=O) groups excluding carboxylic acids is 1. The van der Waals surface area contributed by atoms with Gasteiger partial charge in [-0.25, -0.2) is 4.79 Å². The van der Waals surface area contributed by atoms with Crippen LogP contribution in [-0.4, -0.2) is 43.3 Å². The summed E-state index contributed by atoms with van der Waals surface area (Å²) in [7, 11) is 1.37. The monoisotopic (exact) mass is 267 g/mol. The second kappa shape index (κ2) is 5.35. The maximum Gasteiger partial charge on any atom is 0.341 e. The molecule has 0 spiro atoms. The van der Waals surface area contributed by atoms with Crippen molar-refractivity contribution in [2.45, 2.75) is 32.9 Å². The Kier molecular flexibility index (Phi) is 3.96. The van der Waals surface area contributed by atoms with Gasteiger partial charge in [-0.1, -0.05) is 0 Å². The number of ether oxygens (including phenoxy) is 2. The van der Waals surface area contributed by atoms with Crippen LogP contribution in [0.3, 0.4) is 0 Å². The standard InChI is InChI=1S/C14H21NO4/c1-10-12(13(16)17-4)7-11(19-10)8-15-5-6-18-14(2,3)9-15/h7H,5-6,8-9H2,1-4H3. The number of aryl methyl sites for hydroxylation is 1. The van der Waals surface area contributed by atoms with Crippen molar-refractivity contribution in [1.29, 1.82) is 0 Å². The highest BCUT2D eigenvalue weighted by Gasteiger charge is 2.28. The second-order valence-corrected chi connectivity index (χ2v) is 5.49. The molecule has 1 aliphatic heterocycles. The van der Waals surface area contributed by atoms with Crippen LogP contribution < -0.4 is 0 Å². The van der Waals surface area contributed by atoms with E-state index in [-0.39, 0.29) is 11.6 Å². The Hall–Kier alpha value is -1.33. The van der Waals surface area contributed by atoms with Crippen molar-refractivity contribution in [2.24, 2.45) is 0 Å². The normalized spacial score (nSPS) is 19.4. The highest BCUT2D eigenvalue weighted by molar-refractivity contribution is 5.90. The van der Waals surface area contributed by atoms with Crippen LogP contribution in [0, 0.1) is 6.92 Å². The molecule has 0 aromatic carbocycles. The van der Waals surface area contributed by atoms with E-state index in [0.717, 1.165) is 25.5 Å². The predicted molar refractivity (Wildman–Crippen MR) is 70.1 cm³/mol. The van der Waals surface area contributed by atoms with E-state index in [4.69, 9.17) is 13.9 Å². The van der Waals surface area contributed by atoms with Crippen LogP contribution in [0.15, 0.2) is 10.5 Å². The van der Waals surface area contributed by atoms with E-state index in [0.29, 0.717) is 17.9 Å². The molecule has 106 valence electrons. The Morgan fingerprint density at radius 2 is 2.26 bits per heavy atom. The summed E-state index contributed by atoms with van der Waals surface area (Å²) in [4.78, 5) is 13.8. The van der Waals surface area contributed by atoms with Crippen LogP contribution in [0.2, 0.25) is 0 Å². The van der Waals surface area contributed by atoms with Crippen LogP contribution in [0.4, 0.5) is 0 Å². The van der Waals surface area contributed by atoms with Gasteiger partial charge in [0.15, 0.2) is 0 Å².